The summed E-state index contributed by atoms with van der Waals surface area (Å²) in [6, 6.07) is 3.14. The van der Waals surface area contributed by atoms with Gasteiger partial charge in [0.25, 0.3) is 5.91 Å². The van der Waals surface area contributed by atoms with Crippen molar-refractivity contribution in [2.24, 2.45) is 7.05 Å². The summed E-state index contributed by atoms with van der Waals surface area (Å²) >= 11 is 12.0. The molecule has 1 aliphatic rings. The number of amides is 1. The molecule has 3 rings (SSSR count). The molecule has 116 valence electrons. The van der Waals surface area contributed by atoms with E-state index in [0.717, 1.165) is 12.0 Å². The monoisotopic (exact) mass is 338 g/mol. The van der Waals surface area contributed by atoms with E-state index in [0.29, 0.717) is 40.3 Å². The summed E-state index contributed by atoms with van der Waals surface area (Å²) in [5.41, 5.74) is 7.63. The molecule has 2 heterocycles. The van der Waals surface area contributed by atoms with E-state index in [-0.39, 0.29) is 5.91 Å². The number of rotatable bonds is 2. The van der Waals surface area contributed by atoms with Crippen LogP contribution in [0.2, 0.25) is 10.0 Å². The first-order valence-corrected chi connectivity index (χ1v) is 7.73. The van der Waals surface area contributed by atoms with Crippen molar-refractivity contribution in [1.82, 2.24) is 14.7 Å². The lowest BCUT2D eigenvalue weighted by Crippen LogP contribution is -2.28. The van der Waals surface area contributed by atoms with Gasteiger partial charge in [-0.15, -0.1) is 0 Å². The van der Waals surface area contributed by atoms with E-state index < -0.39 is 0 Å². The number of aromatic nitrogens is 2. The second kappa shape index (κ2) is 5.82. The maximum absolute atomic E-state index is 12.6. The van der Waals surface area contributed by atoms with Crippen molar-refractivity contribution in [2.75, 3.05) is 18.8 Å². The van der Waals surface area contributed by atoms with Gasteiger partial charge in [-0.2, -0.15) is 5.10 Å². The number of halogens is 2. The Hall–Kier alpha value is -1.72. The summed E-state index contributed by atoms with van der Waals surface area (Å²) in [6.45, 7) is 1.38. The number of hydrogen-bond acceptors (Lipinski definition) is 3. The molecule has 1 fully saturated rings. The molecule has 1 aromatic heterocycles. The Kier molecular flexibility index (Phi) is 4.02. The molecule has 0 bridgehead atoms. The Morgan fingerprint density at radius 1 is 1.36 bits per heavy atom. The van der Waals surface area contributed by atoms with E-state index in [1.165, 1.54) is 0 Å². The zero-order valence-corrected chi connectivity index (χ0v) is 13.6. The minimum absolute atomic E-state index is 0.0739. The molecule has 0 spiro atoms. The van der Waals surface area contributed by atoms with E-state index in [4.69, 9.17) is 28.9 Å². The first-order valence-electron chi connectivity index (χ1n) is 6.98. The molecule has 22 heavy (non-hydrogen) atoms. The predicted molar refractivity (Wildman–Crippen MR) is 87.3 cm³/mol. The summed E-state index contributed by atoms with van der Waals surface area (Å²) in [4.78, 5) is 14.4. The fraction of sp³-hybridized carbons (Fsp3) is 0.333. The smallest absolute Gasteiger partial charge is 0.253 e. The van der Waals surface area contributed by atoms with Gasteiger partial charge >= 0.3 is 0 Å². The van der Waals surface area contributed by atoms with Gasteiger partial charge < -0.3 is 10.6 Å². The van der Waals surface area contributed by atoms with Gasteiger partial charge in [-0.25, -0.2) is 0 Å². The molecule has 1 amide bonds. The van der Waals surface area contributed by atoms with Crippen LogP contribution in [0.4, 0.5) is 5.69 Å². The van der Waals surface area contributed by atoms with Gasteiger partial charge in [0, 0.05) is 37.8 Å². The molecular formula is C15H16Cl2N4O. The summed E-state index contributed by atoms with van der Waals surface area (Å²) < 4.78 is 1.78. The number of likely N-dealkylation sites (tertiary alicyclic amines) is 1. The highest BCUT2D eigenvalue weighted by Gasteiger charge is 2.29. The molecule has 0 radical (unpaired) electrons. The van der Waals surface area contributed by atoms with Crippen molar-refractivity contribution in [3.05, 3.63) is 45.7 Å². The van der Waals surface area contributed by atoms with E-state index in [9.17, 15) is 4.79 Å². The van der Waals surface area contributed by atoms with Gasteiger partial charge in [-0.1, -0.05) is 23.2 Å². The third-order valence-electron chi connectivity index (χ3n) is 4.00. The van der Waals surface area contributed by atoms with Gasteiger partial charge in [0.05, 0.1) is 21.9 Å². The molecular weight excluding hydrogens is 323 g/mol. The zero-order valence-electron chi connectivity index (χ0n) is 12.1. The van der Waals surface area contributed by atoms with E-state index in [2.05, 4.69) is 5.10 Å². The average molecular weight is 339 g/mol. The molecule has 0 unspecified atom stereocenters. The summed E-state index contributed by atoms with van der Waals surface area (Å²) in [6.07, 6.45) is 4.78. The van der Waals surface area contributed by atoms with Crippen LogP contribution in [0, 0.1) is 0 Å². The van der Waals surface area contributed by atoms with Crippen LogP contribution in [-0.2, 0) is 7.05 Å². The number of benzene rings is 1. The Balaban J connectivity index is 1.77. The molecule has 0 saturated carbocycles. The fourth-order valence-corrected chi connectivity index (χ4v) is 3.25. The van der Waals surface area contributed by atoms with Crippen LogP contribution in [0.15, 0.2) is 24.5 Å². The lowest BCUT2D eigenvalue weighted by atomic mass is 10.0. The molecule has 1 aliphatic heterocycles. The maximum Gasteiger partial charge on any atom is 0.253 e. The van der Waals surface area contributed by atoms with Crippen LogP contribution in [0.25, 0.3) is 0 Å². The van der Waals surface area contributed by atoms with Crippen molar-refractivity contribution >= 4 is 34.8 Å². The van der Waals surface area contributed by atoms with E-state index in [1.807, 2.05) is 24.3 Å². The first kappa shape index (κ1) is 15.2. The van der Waals surface area contributed by atoms with Crippen molar-refractivity contribution in [2.45, 2.75) is 12.3 Å². The SMILES string of the molecule is Cn1cc([C@H]2CCN(C(=O)c3cc(Cl)c(N)c(Cl)c3)C2)cn1. The molecule has 7 heteroatoms. The van der Waals surface area contributed by atoms with Crippen LogP contribution in [-0.4, -0.2) is 33.7 Å². The highest BCUT2D eigenvalue weighted by Crippen LogP contribution is 2.31. The Morgan fingerprint density at radius 3 is 2.64 bits per heavy atom. The number of hydrogen-bond donors (Lipinski definition) is 1. The number of carbonyl (C=O) groups excluding carboxylic acids is 1. The first-order chi connectivity index (χ1) is 10.5. The molecule has 2 aromatic rings. The van der Waals surface area contributed by atoms with Crippen LogP contribution < -0.4 is 5.73 Å². The lowest BCUT2D eigenvalue weighted by Gasteiger charge is -2.17. The Morgan fingerprint density at radius 2 is 2.05 bits per heavy atom. The molecule has 1 aromatic carbocycles. The summed E-state index contributed by atoms with van der Waals surface area (Å²) in [7, 11) is 1.89. The van der Waals surface area contributed by atoms with Crippen LogP contribution >= 0.6 is 23.2 Å². The number of carbonyl (C=O) groups is 1. The van der Waals surface area contributed by atoms with Crippen LogP contribution in [0.3, 0.4) is 0 Å². The Bertz CT molecular complexity index is 705. The molecule has 0 aliphatic carbocycles. The van der Waals surface area contributed by atoms with Crippen molar-refractivity contribution in [3.8, 4) is 0 Å². The van der Waals surface area contributed by atoms with Gasteiger partial charge in [-0.3, -0.25) is 9.48 Å². The summed E-state index contributed by atoms with van der Waals surface area (Å²) in [5, 5.41) is 4.80. The number of anilines is 1. The largest absolute Gasteiger partial charge is 0.396 e. The quantitative estimate of drug-likeness (QED) is 0.856. The number of nitrogens with zero attached hydrogens (tertiary/aromatic N) is 3. The number of nitrogens with two attached hydrogens (primary N) is 1. The number of aryl methyl sites for hydroxylation is 1. The lowest BCUT2D eigenvalue weighted by molar-refractivity contribution is 0.0791. The molecule has 5 nitrogen and oxygen atoms in total. The maximum atomic E-state index is 12.6. The third kappa shape index (κ3) is 2.78. The highest BCUT2D eigenvalue weighted by atomic mass is 35.5. The third-order valence-corrected chi connectivity index (χ3v) is 4.62. The highest BCUT2D eigenvalue weighted by molar-refractivity contribution is 6.39. The second-order valence-electron chi connectivity index (χ2n) is 5.54. The van der Waals surface area contributed by atoms with Gasteiger partial charge in [0.2, 0.25) is 0 Å². The van der Waals surface area contributed by atoms with Crippen molar-refractivity contribution < 1.29 is 4.79 Å². The second-order valence-corrected chi connectivity index (χ2v) is 6.35. The predicted octanol–water partition coefficient (Wildman–Crippen LogP) is 2.94. The average Bonchev–Trinajstić information content (AvgIpc) is 3.12. The van der Waals surface area contributed by atoms with E-state index in [1.54, 1.807) is 16.8 Å². The molecule has 2 N–H and O–H groups in total. The van der Waals surface area contributed by atoms with Gasteiger partial charge in [0.1, 0.15) is 0 Å². The summed E-state index contributed by atoms with van der Waals surface area (Å²) in [5.74, 6) is 0.243. The molecule has 1 saturated heterocycles. The standard InChI is InChI=1S/C15H16Cl2N4O/c1-20-7-11(6-19-20)9-2-3-21(8-9)15(22)10-4-12(16)14(18)13(17)5-10/h4-7,9H,2-3,8,18H2,1H3/t9-/m0/s1. The van der Waals surface area contributed by atoms with Gasteiger partial charge in [-0.05, 0) is 24.1 Å². The Labute approximate surface area is 138 Å². The molecule has 1 atom stereocenters. The van der Waals surface area contributed by atoms with Gasteiger partial charge in [0.15, 0.2) is 0 Å². The van der Waals surface area contributed by atoms with E-state index >= 15 is 0 Å². The fourth-order valence-electron chi connectivity index (χ4n) is 2.76. The minimum Gasteiger partial charge on any atom is -0.396 e. The topological polar surface area (TPSA) is 64.2 Å². The minimum atomic E-state index is -0.0739. The van der Waals surface area contributed by atoms with Crippen LogP contribution in [0.5, 0.6) is 0 Å². The number of nitrogen functional groups attached to an aromatic ring is 1. The van der Waals surface area contributed by atoms with Crippen molar-refractivity contribution in [3.63, 3.8) is 0 Å². The normalized spacial score (nSPS) is 18.0. The zero-order chi connectivity index (χ0) is 15.9. The van der Waals surface area contributed by atoms with Crippen molar-refractivity contribution in [1.29, 1.82) is 0 Å². The van der Waals surface area contributed by atoms with Crippen LogP contribution in [0.1, 0.15) is 28.3 Å².